The van der Waals surface area contributed by atoms with E-state index in [2.05, 4.69) is 31.4 Å². The lowest BCUT2D eigenvalue weighted by Gasteiger charge is -2.23. The lowest BCUT2D eigenvalue weighted by atomic mass is 9.86. The van der Waals surface area contributed by atoms with Gasteiger partial charge in [0, 0.05) is 19.8 Å². The van der Waals surface area contributed by atoms with Crippen molar-refractivity contribution >= 4 is 17.8 Å². The summed E-state index contributed by atoms with van der Waals surface area (Å²) in [6.07, 6.45) is 0.612. The van der Waals surface area contributed by atoms with Gasteiger partial charge < -0.3 is 15.4 Å². The first-order valence-corrected chi connectivity index (χ1v) is 10.4. The van der Waals surface area contributed by atoms with E-state index >= 15 is 0 Å². The first kappa shape index (κ1) is 24.1. The number of esters is 1. The highest BCUT2D eigenvalue weighted by Gasteiger charge is 2.27. The van der Waals surface area contributed by atoms with Gasteiger partial charge in [-0.1, -0.05) is 75.4 Å². The normalized spacial score (nSPS) is 13.1. The lowest BCUT2D eigenvalue weighted by molar-refractivity contribution is -0.145. The van der Waals surface area contributed by atoms with Crippen LogP contribution in [0.5, 0.6) is 0 Å². The van der Waals surface area contributed by atoms with Gasteiger partial charge in [0.15, 0.2) is 0 Å². The van der Waals surface area contributed by atoms with Crippen molar-refractivity contribution in [3.05, 3.63) is 71.3 Å². The molecule has 0 saturated carbocycles. The van der Waals surface area contributed by atoms with Crippen molar-refractivity contribution in [2.45, 2.75) is 58.0 Å². The van der Waals surface area contributed by atoms with Crippen LogP contribution >= 0.6 is 0 Å². The van der Waals surface area contributed by atoms with Crippen LogP contribution in [0, 0.1) is 0 Å². The molecule has 0 spiro atoms. The highest BCUT2D eigenvalue weighted by molar-refractivity contribution is 5.90. The van der Waals surface area contributed by atoms with Crippen molar-refractivity contribution in [1.29, 1.82) is 0 Å². The standard InChI is InChI=1S/C25H32N2O4/c1-17(28)26-21(15-18-9-7-6-8-10-18)23(29)27-22(24(30)31-5)16-19-11-13-20(14-12-19)25(2,3)4/h6-14,21-22H,15-16H2,1-5H3,(H,26,28)(H,27,29)/t21-,22+/m0/s1. The lowest BCUT2D eigenvalue weighted by Crippen LogP contribution is -2.53. The molecule has 166 valence electrons. The first-order valence-electron chi connectivity index (χ1n) is 10.4. The van der Waals surface area contributed by atoms with E-state index < -0.39 is 24.0 Å². The zero-order valence-corrected chi connectivity index (χ0v) is 18.9. The zero-order valence-electron chi connectivity index (χ0n) is 18.9. The van der Waals surface area contributed by atoms with E-state index in [1.807, 2.05) is 54.6 Å². The Morgan fingerprint density at radius 3 is 1.90 bits per heavy atom. The molecule has 0 aliphatic heterocycles. The second-order valence-corrected chi connectivity index (χ2v) is 8.68. The van der Waals surface area contributed by atoms with Crippen molar-refractivity contribution in [3.63, 3.8) is 0 Å². The molecule has 0 aliphatic carbocycles. The molecule has 2 aromatic carbocycles. The summed E-state index contributed by atoms with van der Waals surface area (Å²) < 4.78 is 4.90. The number of carbonyl (C=O) groups excluding carboxylic acids is 3. The fourth-order valence-corrected chi connectivity index (χ4v) is 3.29. The number of rotatable bonds is 8. The second-order valence-electron chi connectivity index (χ2n) is 8.68. The van der Waals surface area contributed by atoms with E-state index in [1.54, 1.807) is 0 Å². The van der Waals surface area contributed by atoms with Crippen molar-refractivity contribution < 1.29 is 19.1 Å². The van der Waals surface area contributed by atoms with Crippen molar-refractivity contribution in [1.82, 2.24) is 10.6 Å². The van der Waals surface area contributed by atoms with Crippen LogP contribution in [0.1, 0.15) is 44.4 Å². The molecule has 2 rings (SSSR count). The van der Waals surface area contributed by atoms with Gasteiger partial charge in [-0.25, -0.2) is 4.79 Å². The minimum absolute atomic E-state index is 0.0253. The van der Waals surface area contributed by atoms with Gasteiger partial charge in [0.25, 0.3) is 0 Å². The molecule has 0 fully saturated rings. The summed E-state index contributed by atoms with van der Waals surface area (Å²) in [6, 6.07) is 15.7. The van der Waals surface area contributed by atoms with Gasteiger partial charge in [0.2, 0.25) is 11.8 Å². The molecule has 0 aliphatic rings. The summed E-state index contributed by atoms with van der Waals surface area (Å²) >= 11 is 0. The zero-order chi connectivity index (χ0) is 23.0. The molecule has 2 aromatic rings. The number of ether oxygens (including phenoxy) is 1. The monoisotopic (exact) mass is 424 g/mol. The minimum atomic E-state index is -0.856. The average Bonchev–Trinajstić information content (AvgIpc) is 2.72. The molecule has 0 saturated heterocycles. The molecule has 6 heteroatoms. The van der Waals surface area contributed by atoms with Crippen molar-refractivity contribution in [2.24, 2.45) is 0 Å². The first-order chi connectivity index (χ1) is 14.6. The number of nitrogens with one attached hydrogen (secondary N) is 2. The van der Waals surface area contributed by atoms with Gasteiger partial charge in [-0.2, -0.15) is 0 Å². The Balaban J connectivity index is 2.16. The number of hydrogen-bond donors (Lipinski definition) is 2. The number of amides is 2. The van der Waals surface area contributed by atoms with E-state index in [-0.39, 0.29) is 11.3 Å². The molecule has 2 N–H and O–H groups in total. The topological polar surface area (TPSA) is 84.5 Å². The predicted molar refractivity (Wildman–Crippen MR) is 121 cm³/mol. The van der Waals surface area contributed by atoms with Crippen LogP contribution < -0.4 is 10.6 Å². The molecule has 2 atom stereocenters. The smallest absolute Gasteiger partial charge is 0.328 e. The Hall–Kier alpha value is -3.15. The summed E-state index contributed by atoms with van der Waals surface area (Å²) in [5.74, 6) is -1.28. The quantitative estimate of drug-likeness (QED) is 0.638. The largest absolute Gasteiger partial charge is 0.467 e. The Bertz CT molecular complexity index is 886. The van der Waals surface area contributed by atoms with E-state index in [1.165, 1.54) is 19.6 Å². The third-order valence-electron chi connectivity index (χ3n) is 5.04. The number of methoxy groups -OCH3 is 1. The van der Waals surface area contributed by atoms with Crippen molar-refractivity contribution in [2.75, 3.05) is 7.11 Å². The SMILES string of the molecule is COC(=O)[C@@H](Cc1ccc(C(C)(C)C)cc1)NC(=O)[C@H](Cc1ccccc1)NC(C)=O. The van der Waals surface area contributed by atoms with Gasteiger partial charge in [0.05, 0.1) is 7.11 Å². The number of carbonyl (C=O) groups is 3. The fourth-order valence-electron chi connectivity index (χ4n) is 3.29. The highest BCUT2D eigenvalue weighted by Crippen LogP contribution is 2.22. The van der Waals surface area contributed by atoms with Gasteiger partial charge in [-0.05, 0) is 22.1 Å². The Kier molecular flexibility index (Phi) is 8.37. The summed E-state index contributed by atoms with van der Waals surface area (Å²) in [5, 5.41) is 5.43. The van der Waals surface area contributed by atoms with E-state index in [0.29, 0.717) is 12.8 Å². The average molecular weight is 425 g/mol. The maximum Gasteiger partial charge on any atom is 0.328 e. The molecule has 6 nitrogen and oxygen atoms in total. The molecular weight excluding hydrogens is 392 g/mol. The predicted octanol–water partition coefficient (Wildman–Crippen LogP) is 2.93. The Morgan fingerprint density at radius 1 is 0.839 bits per heavy atom. The molecule has 2 amide bonds. The van der Waals surface area contributed by atoms with Gasteiger partial charge in [0.1, 0.15) is 12.1 Å². The van der Waals surface area contributed by atoms with E-state index in [4.69, 9.17) is 4.74 Å². The molecular formula is C25H32N2O4. The van der Waals surface area contributed by atoms with Crippen molar-refractivity contribution in [3.8, 4) is 0 Å². The molecule has 0 unspecified atom stereocenters. The van der Waals surface area contributed by atoms with Gasteiger partial charge in [-0.3, -0.25) is 9.59 Å². The molecule has 0 aromatic heterocycles. The maximum absolute atomic E-state index is 13.0. The molecule has 0 heterocycles. The number of benzene rings is 2. The minimum Gasteiger partial charge on any atom is -0.467 e. The van der Waals surface area contributed by atoms with Gasteiger partial charge >= 0.3 is 5.97 Å². The van der Waals surface area contributed by atoms with Crippen LogP contribution in [0.3, 0.4) is 0 Å². The van der Waals surface area contributed by atoms with Crippen LogP contribution in [-0.4, -0.2) is 37.0 Å². The Labute approximate surface area is 184 Å². The summed E-state index contributed by atoms with van der Waals surface area (Å²) in [6.45, 7) is 7.76. The van der Waals surface area contributed by atoms with Crippen LogP contribution in [0.15, 0.2) is 54.6 Å². The molecule has 0 radical (unpaired) electrons. The summed E-state index contributed by atoms with van der Waals surface area (Å²) in [7, 11) is 1.29. The second kappa shape index (κ2) is 10.8. The van der Waals surface area contributed by atoms with E-state index in [0.717, 1.165) is 11.1 Å². The van der Waals surface area contributed by atoms with Gasteiger partial charge in [-0.15, -0.1) is 0 Å². The summed E-state index contributed by atoms with van der Waals surface area (Å²) in [5.41, 5.74) is 3.02. The molecule has 31 heavy (non-hydrogen) atoms. The van der Waals surface area contributed by atoms with E-state index in [9.17, 15) is 14.4 Å². The highest BCUT2D eigenvalue weighted by atomic mass is 16.5. The van der Waals surface area contributed by atoms with Crippen LogP contribution in [0.25, 0.3) is 0 Å². The Morgan fingerprint density at radius 2 is 1.39 bits per heavy atom. The number of hydrogen-bond acceptors (Lipinski definition) is 4. The summed E-state index contributed by atoms with van der Waals surface area (Å²) in [4.78, 5) is 37.0. The van der Waals surface area contributed by atoms with Crippen LogP contribution in [0.4, 0.5) is 0 Å². The van der Waals surface area contributed by atoms with Crippen LogP contribution in [0.2, 0.25) is 0 Å². The maximum atomic E-state index is 13.0. The third-order valence-corrected chi connectivity index (χ3v) is 5.04. The fraction of sp³-hybridized carbons (Fsp3) is 0.400. The van der Waals surface area contributed by atoms with Crippen LogP contribution in [-0.2, 0) is 37.4 Å². The molecule has 0 bridgehead atoms. The third kappa shape index (κ3) is 7.55.